The summed E-state index contributed by atoms with van der Waals surface area (Å²) >= 11 is 0. The Kier molecular flexibility index (Phi) is 3.62. The number of anilines is 1. The zero-order valence-corrected chi connectivity index (χ0v) is 12.1. The smallest absolute Gasteiger partial charge is 0.261 e. The maximum absolute atomic E-state index is 12.4. The van der Waals surface area contributed by atoms with Gasteiger partial charge in [-0.15, -0.1) is 0 Å². The Balaban J connectivity index is 1.96. The first kappa shape index (κ1) is 13.6. The Morgan fingerprint density at radius 3 is 2.43 bits per heavy atom. The number of sulfonamides is 1. The molecule has 21 heavy (non-hydrogen) atoms. The lowest BCUT2D eigenvalue weighted by Crippen LogP contribution is -2.22. The van der Waals surface area contributed by atoms with E-state index < -0.39 is 10.0 Å². The van der Waals surface area contributed by atoms with Crippen molar-refractivity contribution in [2.24, 2.45) is 4.99 Å². The fourth-order valence-corrected chi connectivity index (χ4v) is 3.26. The van der Waals surface area contributed by atoms with E-state index >= 15 is 0 Å². The summed E-state index contributed by atoms with van der Waals surface area (Å²) in [7, 11) is -3.60. The molecule has 0 unspecified atom stereocenters. The summed E-state index contributed by atoms with van der Waals surface area (Å²) in [6.07, 6.45) is 0. The first-order valence-electron chi connectivity index (χ1n) is 6.62. The highest BCUT2D eigenvalue weighted by atomic mass is 32.2. The van der Waals surface area contributed by atoms with E-state index in [2.05, 4.69) is 15.0 Å². The van der Waals surface area contributed by atoms with Crippen LogP contribution in [0.4, 0.5) is 5.69 Å². The first-order chi connectivity index (χ1) is 10.2. The average Bonchev–Trinajstić information content (AvgIpc) is 3.02. The van der Waals surface area contributed by atoms with Crippen LogP contribution in [0.5, 0.6) is 0 Å². The topological polar surface area (TPSA) is 70.6 Å². The highest BCUT2D eigenvalue weighted by molar-refractivity contribution is 7.92. The SMILES string of the molecule is O=S(=O)(Nc1ccccc1C1=NCCN1)c1ccccc1. The quantitative estimate of drug-likeness (QED) is 0.905. The van der Waals surface area contributed by atoms with Gasteiger partial charge in [0, 0.05) is 12.1 Å². The molecule has 6 heteroatoms. The van der Waals surface area contributed by atoms with Crippen LogP contribution in [0.1, 0.15) is 5.56 Å². The van der Waals surface area contributed by atoms with Crippen molar-refractivity contribution in [1.29, 1.82) is 0 Å². The molecule has 1 aliphatic heterocycles. The van der Waals surface area contributed by atoms with Crippen LogP contribution in [0.25, 0.3) is 0 Å². The minimum absolute atomic E-state index is 0.237. The van der Waals surface area contributed by atoms with Crippen LogP contribution in [0.3, 0.4) is 0 Å². The predicted molar refractivity (Wildman–Crippen MR) is 83.1 cm³/mol. The Labute approximate surface area is 123 Å². The number of hydrogen-bond acceptors (Lipinski definition) is 4. The highest BCUT2D eigenvalue weighted by Crippen LogP contribution is 2.20. The average molecular weight is 301 g/mol. The normalized spacial score (nSPS) is 14.4. The fraction of sp³-hybridized carbons (Fsp3) is 0.133. The molecule has 0 saturated heterocycles. The third-order valence-corrected chi connectivity index (χ3v) is 4.54. The van der Waals surface area contributed by atoms with Crippen LogP contribution in [-0.2, 0) is 10.0 Å². The molecule has 0 aromatic heterocycles. The van der Waals surface area contributed by atoms with E-state index in [9.17, 15) is 8.42 Å². The molecule has 0 aliphatic carbocycles. The molecular formula is C15H15N3O2S. The zero-order valence-electron chi connectivity index (χ0n) is 11.3. The molecule has 0 bridgehead atoms. The summed E-state index contributed by atoms with van der Waals surface area (Å²) in [5.74, 6) is 0.723. The number of amidine groups is 1. The van der Waals surface area contributed by atoms with Crippen molar-refractivity contribution in [3.05, 3.63) is 60.2 Å². The molecule has 108 valence electrons. The van der Waals surface area contributed by atoms with E-state index in [1.54, 1.807) is 42.5 Å². The summed E-state index contributed by atoms with van der Waals surface area (Å²) in [4.78, 5) is 4.58. The molecule has 1 heterocycles. The second kappa shape index (κ2) is 5.57. The summed E-state index contributed by atoms with van der Waals surface area (Å²) in [6.45, 7) is 1.48. The van der Waals surface area contributed by atoms with Gasteiger partial charge in [-0.25, -0.2) is 8.42 Å². The van der Waals surface area contributed by atoms with Crippen LogP contribution in [0, 0.1) is 0 Å². The molecule has 0 spiro atoms. The minimum Gasteiger partial charge on any atom is -0.368 e. The zero-order chi connectivity index (χ0) is 14.7. The number of hydrogen-bond donors (Lipinski definition) is 2. The Hall–Kier alpha value is -2.34. The molecule has 2 aromatic rings. The van der Waals surface area contributed by atoms with Crippen LogP contribution in [0.15, 0.2) is 64.5 Å². The first-order valence-corrected chi connectivity index (χ1v) is 8.11. The lowest BCUT2D eigenvalue weighted by Gasteiger charge is -2.12. The Morgan fingerprint density at radius 1 is 1.00 bits per heavy atom. The maximum atomic E-state index is 12.4. The maximum Gasteiger partial charge on any atom is 0.261 e. The van der Waals surface area contributed by atoms with Crippen LogP contribution >= 0.6 is 0 Å². The molecule has 1 aliphatic rings. The van der Waals surface area contributed by atoms with Gasteiger partial charge in [0.15, 0.2) is 0 Å². The third kappa shape index (κ3) is 2.90. The van der Waals surface area contributed by atoms with Gasteiger partial charge in [-0.05, 0) is 24.3 Å². The van der Waals surface area contributed by atoms with Gasteiger partial charge in [-0.3, -0.25) is 9.71 Å². The van der Waals surface area contributed by atoms with Gasteiger partial charge in [0.1, 0.15) is 5.84 Å². The Bertz CT molecular complexity index is 771. The van der Waals surface area contributed by atoms with E-state index in [1.165, 1.54) is 0 Å². The largest absolute Gasteiger partial charge is 0.368 e. The molecule has 0 amide bonds. The van der Waals surface area contributed by atoms with Crippen molar-refractivity contribution in [3.63, 3.8) is 0 Å². The molecule has 5 nitrogen and oxygen atoms in total. The lowest BCUT2D eigenvalue weighted by atomic mass is 10.1. The van der Waals surface area contributed by atoms with Crippen LogP contribution in [0.2, 0.25) is 0 Å². The number of nitrogens with zero attached hydrogens (tertiary/aromatic N) is 1. The summed E-state index contributed by atoms with van der Waals surface area (Å²) < 4.78 is 27.4. The second-order valence-corrected chi connectivity index (χ2v) is 6.30. The Morgan fingerprint density at radius 2 is 1.71 bits per heavy atom. The van der Waals surface area contributed by atoms with Gasteiger partial charge in [-0.1, -0.05) is 30.3 Å². The number of para-hydroxylation sites is 1. The van der Waals surface area contributed by atoms with Crippen molar-refractivity contribution < 1.29 is 8.42 Å². The summed E-state index contributed by atoms with van der Waals surface area (Å²) in [5, 5.41) is 3.15. The van der Waals surface area contributed by atoms with Gasteiger partial charge in [-0.2, -0.15) is 0 Å². The molecule has 0 atom stereocenters. The van der Waals surface area contributed by atoms with Crippen LogP contribution in [-0.4, -0.2) is 27.3 Å². The van der Waals surface area contributed by atoms with Crippen molar-refractivity contribution in [1.82, 2.24) is 5.32 Å². The van der Waals surface area contributed by atoms with Crippen molar-refractivity contribution in [2.75, 3.05) is 17.8 Å². The van der Waals surface area contributed by atoms with E-state index in [4.69, 9.17) is 0 Å². The van der Waals surface area contributed by atoms with E-state index in [0.29, 0.717) is 12.2 Å². The number of nitrogens with one attached hydrogen (secondary N) is 2. The third-order valence-electron chi connectivity index (χ3n) is 3.15. The standard InChI is InChI=1S/C15H15N3O2S/c19-21(20,12-6-2-1-3-7-12)18-14-9-5-4-8-13(14)15-16-10-11-17-15/h1-9,18H,10-11H2,(H,16,17). The van der Waals surface area contributed by atoms with E-state index in [0.717, 1.165) is 17.9 Å². The van der Waals surface area contributed by atoms with E-state index in [-0.39, 0.29) is 4.90 Å². The second-order valence-electron chi connectivity index (χ2n) is 4.62. The number of rotatable bonds is 4. The van der Waals surface area contributed by atoms with Gasteiger partial charge in [0.25, 0.3) is 10.0 Å². The van der Waals surface area contributed by atoms with Crippen molar-refractivity contribution in [3.8, 4) is 0 Å². The molecule has 2 aromatic carbocycles. The van der Waals surface area contributed by atoms with Gasteiger partial charge < -0.3 is 5.32 Å². The van der Waals surface area contributed by atoms with Crippen molar-refractivity contribution >= 4 is 21.5 Å². The molecule has 3 rings (SSSR count). The minimum atomic E-state index is -3.60. The number of aliphatic imine (C=N–C) groups is 1. The predicted octanol–water partition coefficient (Wildman–Crippen LogP) is 1.84. The highest BCUT2D eigenvalue weighted by Gasteiger charge is 2.18. The van der Waals surface area contributed by atoms with Crippen molar-refractivity contribution in [2.45, 2.75) is 4.90 Å². The summed E-state index contributed by atoms with van der Waals surface area (Å²) in [5.41, 5.74) is 1.28. The molecule has 0 fully saturated rings. The monoisotopic (exact) mass is 301 g/mol. The lowest BCUT2D eigenvalue weighted by molar-refractivity contribution is 0.601. The summed E-state index contributed by atoms with van der Waals surface area (Å²) in [6, 6.07) is 15.5. The molecule has 0 radical (unpaired) electrons. The number of benzene rings is 2. The fourth-order valence-electron chi connectivity index (χ4n) is 2.16. The van der Waals surface area contributed by atoms with Gasteiger partial charge in [0.05, 0.1) is 17.1 Å². The van der Waals surface area contributed by atoms with E-state index in [1.807, 2.05) is 12.1 Å². The molecular weight excluding hydrogens is 286 g/mol. The van der Waals surface area contributed by atoms with Crippen LogP contribution < -0.4 is 10.0 Å². The molecule has 2 N–H and O–H groups in total. The van der Waals surface area contributed by atoms with Gasteiger partial charge >= 0.3 is 0 Å². The van der Waals surface area contributed by atoms with Gasteiger partial charge in [0.2, 0.25) is 0 Å². The molecule has 0 saturated carbocycles.